The molecule has 0 spiro atoms. The van der Waals surface area contributed by atoms with Crippen molar-refractivity contribution in [3.05, 3.63) is 52.9 Å². The first-order valence-corrected chi connectivity index (χ1v) is 13.1. The smallest absolute Gasteiger partial charge is 0.114 e. The number of rotatable bonds is 2. The average Bonchev–Trinajstić information content (AvgIpc) is 3.42. The van der Waals surface area contributed by atoms with E-state index in [-0.39, 0.29) is 0 Å². The third-order valence-corrected chi connectivity index (χ3v) is 10.0. The van der Waals surface area contributed by atoms with Crippen molar-refractivity contribution in [3.8, 4) is 10.4 Å². The standard InChI is InChI=1S/C20H12Br2N4S4/c1-7-3-13(28-19(7)21)11-6-10-9(15(23)16(11)24-27)5-12(18-17(10)25-30-26-18)14-4-8(2)20(22)29-14/h3-6,23,27H,1-2H3/b23-15?,24-16-. The summed E-state index contributed by atoms with van der Waals surface area (Å²) in [6.45, 7) is 4.13. The number of aryl methyl sites for hydroxylation is 2. The highest BCUT2D eigenvalue weighted by Crippen LogP contribution is 2.43. The fraction of sp³-hybridized carbons (Fsp3) is 0.100. The van der Waals surface area contributed by atoms with Gasteiger partial charge in [-0.3, -0.25) is 5.41 Å². The quantitative estimate of drug-likeness (QED) is 0.232. The molecule has 150 valence electrons. The number of benzene rings is 1. The summed E-state index contributed by atoms with van der Waals surface area (Å²) < 4.78 is 15.5. The fourth-order valence-electron chi connectivity index (χ4n) is 3.45. The molecule has 0 amide bonds. The van der Waals surface area contributed by atoms with Crippen LogP contribution in [0.25, 0.3) is 33.1 Å². The van der Waals surface area contributed by atoms with Crippen LogP contribution in [0.15, 0.2) is 30.2 Å². The molecule has 1 N–H and O–H groups in total. The summed E-state index contributed by atoms with van der Waals surface area (Å²) in [6, 6.07) is 6.29. The predicted octanol–water partition coefficient (Wildman–Crippen LogP) is 7.83. The monoisotopic (exact) mass is 594 g/mol. The summed E-state index contributed by atoms with van der Waals surface area (Å²) in [7, 11) is 0. The molecule has 1 aliphatic rings. The van der Waals surface area contributed by atoms with Gasteiger partial charge in [-0.05, 0) is 93.9 Å². The van der Waals surface area contributed by atoms with Crippen LogP contribution in [0, 0.1) is 19.3 Å². The van der Waals surface area contributed by atoms with Crippen molar-refractivity contribution in [1.82, 2.24) is 8.75 Å². The Labute approximate surface area is 207 Å². The Morgan fingerprint density at radius 3 is 2.17 bits per heavy atom. The Morgan fingerprint density at radius 1 is 0.933 bits per heavy atom. The van der Waals surface area contributed by atoms with Crippen molar-refractivity contribution in [1.29, 1.82) is 5.41 Å². The van der Waals surface area contributed by atoms with Crippen LogP contribution in [-0.2, 0) is 0 Å². The molecule has 0 saturated heterocycles. The zero-order chi connectivity index (χ0) is 21.2. The van der Waals surface area contributed by atoms with Crippen LogP contribution in [0.4, 0.5) is 0 Å². The summed E-state index contributed by atoms with van der Waals surface area (Å²) >= 11 is 15.9. The van der Waals surface area contributed by atoms with Gasteiger partial charge in [-0.1, -0.05) is 0 Å². The van der Waals surface area contributed by atoms with E-state index in [1.165, 1.54) is 17.3 Å². The predicted molar refractivity (Wildman–Crippen MR) is 141 cm³/mol. The van der Waals surface area contributed by atoms with Crippen molar-refractivity contribution in [3.63, 3.8) is 0 Å². The van der Waals surface area contributed by atoms with Gasteiger partial charge in [0, 0.05) is 32.0 Å². The number of thiophene rings is 2. The average molecular weight is 596 g/mol. The lowest BCUT2D eigenvalue weighted by atomic mass is 9.86. The molecule has 10 heteroatoms. The van der Waals surface area contributed by atoms with Gasteiger partial charge in [0.15, 0.2) is 0 Å². The van der Waals surface area contributed by atoms with E-state index < -0.39 is 0 Å². The zero-order valence-corrected chi connectivity index (χ0v) is 22.1. The Morgan fingerprint density at radius 2 is 1.57 bits per heavy atom. The number of hydrogen-bond acceptors (Lipinski definition) is 8. The molecule has 5 rings (SSSR count). The maximum atomic E-state index is 8.92. The number of aromatic nitrogens is 2. The van der Waals surface area contributed by atoms with Gasteiger partial charge in [-0.15, -0.1) is 22.7 Å². The molecule has 0 unspecified atom stereocenters. The third-order valence-electron chi connectivity index (χ3n) is 4.97. The summed E-state index contributed by atoms with van der Waals surface area (Å²) in [6.07, 6.45) is 2.07. The number of hydrogen-bond donors (Lipinski definition) is 2. The van der Waals surface area contributed by atoms with Gasteiger partial charge in [-0.2, -0.15) is 8.75 Å². The molecule has 4 nitrogen and oxygen atoms in total. The minimum absolute atomic E-state index is 0.350. The lowest BCUT2D eigenvalue weighted by Gasteiger charge is -2.20. The molecule has 30 heavy (non-hydrogen) atoms. The number of nitrogens with zero attached hydrogens (tertiary/aromatic N) is 3. The molecule has 3 aromatic heterocycles. The molecule has 0 bridgehead atoms. The van der Waals surface area contributed by atoms with E-state index in [9.17, 15) is 0 Å². The minimum atomic E-state index is 0.350. The maximum absolute atomic E-state index is 8.92. The lowest BCUT2D eigenvalue weighted by Crippen LogP contribution is -2.20. The van der Waals surface area contributed by atoms with Crippen molar-refractivity contribution in [2.75, 3.05) is 0 Å². The lowest BCUT2D eigenvalue weighted by molar-refractivity contribution is 1.48. The van der Waals surface area contributed by atoms with E-state index in [1.54, 1.807) is 22.7 Å². The normalized spacial score (nSPS) is 15.2. The second-order valence-corrected chi connectivity index (χ2v) is 12.3. The van der Waals surface area contributed by atoms with E-state index in [2.05, 4.69) is 89.9 Å². The van der Waals surface area contributed by atoms with Gasteiger partial charge in [-0.25, -0.2) is 4.40 Å². The number of allylic oxidation sites excluding steroid dienone is 1. The fourth-order valence-corrected chi connectivity index (χ4v) is 7.34. The second-order valence-electron chi connectivity index (χ2n) is 6.86. The summed E-state index contributed by atoms with van der Waals surface area (Å²) in [5.74, 6) is 0. The summed E-state index contributed by atoms with van der Waals surface area (Å²) in [5, 5.41) is 8.92. The van der Waals surface area contributed by atoms with E-state index in [0.29, 0.717) is 11.4 Å². The molecule has 0 saturated carbocycles. The molecule has 1 aliphatic carbocycles. The van der Waals surface area contributed by atoms with Gasteiger partial charge in [0.1, 0.15) is 16.7 Å². The van der Waals surface area contributed by atoms with Crippen LogP contribution in [0.1, 0.15) is 27.1 Å². The Kier molecular flexibility index (Phi) is 5.35. The Balaban J connectivity index is 1.81. The first-order valence-electron chi connectivity index (χ1n) is 8.74. The van der Waals surface area contributed by atoms with Crippen molar-refractivity contribution in [2.24, 2.45) is 4.40 Å². The molecule has 3 heterocycles. The topological polar surface area (TPSA) is 62.0 Å². The summed E-state index contributed by atoms with van der Waals surface area (Å²) in [4.78, 5) is 2.14. The van der Waals surface area contributed by atoms with Crippen LogP contribution in [0.3, 0.4) is 0 Å². The molecule has 4 aromatic rings. The highest BCUT2D eigenvalue weighted by molar-refractivity contribution is 9.11. The van der Waals surface area contributed by atoms with Crippen LogP contribution in [-0.4, -0.2) is 20.2 Å². The Bertz CT molecular complexity index is 1390. The molecule has 0 radical (unpaired) electrons. The molecule has 0 fully saturated rings. The number of fused-ring (bicyclic) bond motifs is 3. The van der Waals surface area contributed by atoms with Gasteiger partial charge < -0.3 is 0 Å². The zero-order valence-electron chi connectivity index (χ0n) is 15.6. The van der Waals surface area contributed by atoms with Gasteiger partial charge >= 0.3 is 0 Å². The van der Waals surface area contributed by atoms with E-state index in [4.69, 9.17) is 5.41 Å². The van der Waals surface area contributed by atoms with Gasteiger partial charge in [0.25, 0.3) is 0 Å². The molecule has 1 aromatic carbocycles. The molecule has 0 aliphatic heterocycles. The van der Waals surface area contributed by atoms with Gasteiger partial charge in [0.05, 0.1) is 25.0 Å². The largest absolute Gasteiger partial charge is 0.298 e. The molecular weight excluding hydrogens is 584 g/mol. The minimum Gasteiger partial charge on any atom is -0.298 e. The SMILES string of the molecule is Cc1cc(C2=Cc3c(cc(-c4cc(C)c(Br)s4)c4nsnc34)C(=N)/C2=N\S)sc1Br. The molecule has 0 atom stereocenters. The van der Waals surface area contributed by atoms with Gasteiger partial charge in [0.2, 0.25) is 0 Å². The van der Waals surface area contributed by atoms with Crippen molar-refractivity contribution >= 4 is 113 Å². The van der Waals surface area contributed by atoms with Crippen LogP contribution in [0.2, 0.25) is 0 Å². The highest BCUT2D eigenvalue weighted by Gasteiger charge is 2.29. The first-order chi connectivity index (χ1) is 14.4. The molecular formula is C20H12Br2N4S4. The first kappa shape index (κ1) is 20.7. The van der Waals surface area contributed by atoms with E-state index in [1.807, 2.05) is 6.07 Å². The number of halogens is 2. The second kappa shape index (κ2) is 7.75. The van der Waals surface area contributed by atoms with E-state index in [0.717, 1.165) is 56.2 Å². The third kappa shape index (κ3) is 3.20. The van der Waals surface area contributed by atoms with E-state index >= 15 is 0 Å². The summed E-state index contributed by atoms with van der Waals surface area (Å²) in [5.41, 5.74) is 8.53. The van der Waals surface area contributed by atoms with Crippen molar-refractivity contribution < 1.29 is 0 Å². The highest BCUT2D eigenvalue weighted by atomic mass is 79.9. The van der Waals surface area contributed by atoms with Crippen LogP contribution >= 0.6 is 79.1 Å². The van der Waals surface area contributed by atoms with Crippen LogP contribution < -0.4 is 0 Å². The van der Waals surface area contributed by atoms with Crippen LogP contribution in [0.5, 0.6) is 0 Å². The number of thiol groups is 1. The van der Waals surface area contributed by atoms with Crippen molar-refractivity contribution in [2.45, 2.75) is 13.8 Å². The number of nitrogens with one attached hydrogen (secondary N) is 1. The maximum Gasteiger partial charge on any atom is 0.114 e. The Hall–Kier alpha value is -1.17.